The number of nitrogens with one attached hydrogen (secondary N) is 1. The molecule has 15 heavy (non-hydrogen) atoms. The lowest BCUT2D eigenvalue weighted by molar-refractivity contribution is 0.0906. The predicted octanol–water partition coefficient (Wildman–Crippen LogP) is 2.31. The van der Waals surface area contributed by atoms with Gasteiger partial charge in [-0.05, 0) is 39.3 Å². The fourth-order valence-electron chi connectivity index (χ4n) is 1.13. The van der Waals surface area contributed by atoms with E-state index in [4.69, 9.17) is 0 Å². The quantitative estimate of drug-likeness (QED) is 0.824. The zero-order valence-electron chi connectivity index (χ0n) is 9.79. The van der Waals surface area contributed by atoms with Crippen molar-refractivity contribution in [1.29, 1.82) is 0 Å². The lowest BCUT2D eigenvalue weighted by atomic mass is 10.0. The van der Waals surface area contributed by atoms with Crippen molar-refractivity contribution < 1.29 is 4.79 Å². The van der Waals surface area contributed by atoms with Crippen LogP contribution in [0.1, 0.15) is 43.4 Å². The van der Waals surface area contributed by atoms with Gasteiger partial charge < -0.3 is 5.32 Å². The molecule has 0 fully saturated rings. The van der Waals surface area contributed by atoms with E-state index >= 15 is 0 Å². The lowest BCUT2D eigenvalue weighted by Gasteiger charge is -2.24. The minimum atomic E-state index is -0.178. The maximum absolute atomic E-state index is 11.8. The first-order chi connectivity index (χ1) is 6.94. The number of amides is 1. The summed E-state index contributed by atoms with van der Waals surface area (Å²) in [6.07, 6.45) is 0.893. The van der Waals surface area contributed by atoms with E-state index in [9.17, 15) is 4.79 Å². The summed E-state index contributed by atoms with van der Waals surface area (Å²) < 4.78 is 0. The average molecular weight is 206 g/mol. The Bertz CT molecular complexity index is 358. The van der Waals surface area contributed by atoms with Crippen molar-refractivity contribution in [3.63, 3.8) is 0 Å². The van der Waals surface area contributed by atoms with E-state index in [2.05, 4.69) is 10.3 Å². The molecule has 0 saturated carbocycles. The first-order valence-electron chi connectivity index (χ1n) is 5.21. The molecule has 1 aromatic heterocycles. The molecule has 0 radical (unpaired) electrons. The van der Waals surface area contributed by atoms with Gasteiger partial charge >= 0.3 is 0 Å². The van der Waals surface area contributed by atoms with Crippen LogP contribution < -0.4 is 5.32 Å². The molecule has 1 aromatic rings. The van der Waals surface area contributed by atoms with E-state index in [1.165, 1.54) is 0 Å². The van der Waals surface area contributed by atoms with E-state index in [1.807, 2.05) is 39.8 Å². The van der Waals surface area contributed by atoms with Gasteiger partial charge in [-0.15, -0.1) is 0 Å². The highest BCUT2D eigenvalue weighted by atomic mass is 16.2. The smallest absolute Gasteiger partial charge is 0.270 e. The van der Waals surface area contributed by atoms with Gasteiger partial charge in [0.2, 0.25) is 0 Å². The molecular formula is C12H18N2O. The molecule has 1 N–H and O–H groups in total. The zero-order chi connectivity index (χ0) is 11.5. The van der Waals surface area contributed by atoms with Gasteiger partial charge in [-0.25, -0.2) is 4.98 Å². The van der Waals surface area contributed by atoms with Crippen LogP contribution in [-0.4, -0.2) is 16.4 Å². The van der Waals surface area contributed by atoms with Gasteiger partial charge in [0.05, 0.1) is 0 Å². The average Bonchev–Trinajstić information content (AvgIpc) is 2.17. The SMILES string of the molecule is CCC(C)(C)NC(=O)c1cccc(C)n1. The predicted molar refractivity (Wildman–Crippen MR) is 60.8 cm³/mol. The third-order valence-electron chi connectivity index (χ3n) is 2.46. The number of hydrogen-bond acceptors (Lipinski definition) is 2. The van der Waals surface area contributed by atoms with Gasteiger partial charge in [-0.2, -0.15) is 0 Å². The summed E-state index contributed by atoms with van der Waals surface area (Å²) in [7, 11) is 0. The second-order valence-electron chi connectivity index (χ2n) is 4.36. The summed E-state index contributed by atoms with van der Waals surface area (Å²) in [5, 5.41) is 2.95. The van der Waals surface area contributed by atoms with Gasteiger partial charge in [-0.3, -0.25) is 4.79 Å². The second kappa shape index (κ2) is 4.43. The van der Waals surface area contributed by atoms with Crippen LogP contribution in [-0.2, 0) is 0 Å². The Morgan fingerprint density at radius 1 is 1.47 bits per heavy atom. The lowest BCUT2D eigenvalue weighted by Crippen LogP contribution is -2.43. The molecule has 82 valence electrons. The molecule has 0 unspecified atom stereocenters. The van der Waals surface area contributed by atoms with Gasteiger partial charge in [0.25, 0.3) is 5.91 Å². The number of hydrogen-bond donors (Lipinski definition) is 1. The molecule has 3 heteroatoms. The van der Waals surface area contributed by atoms with Crippen LogP contribution in [0.5, 0.6) is 0 Å². The van der Waals surface area contributed by atoms with Gasteiger partial charge in [0, 0.05) is 11.2 Å². The van der Waals surface area contributed by atoms with Crippen molar-refractivity contribution >= 4 is 5.91 Å². The van der Waals surface area contributed by atoms with Crippen LogP contribution >= 0.6 is 0 Å². The van der Waals surface area contributed by atoms with E-state index in [1.54, 1.807) is 6.07 Å². The van der Waals surface area contributed by atoms with Gasteiger partial charge in [0.1, 0.15) is 5.69 Å². The van der Waals surface area contributed by atoms with Crippen LogP contribution in [0.4, 0.5) is 0 Å². The first kappa shape index (κ1) is 11.7. The standard InChI is InChI=1S/C12H18N2O/c1-5-12(3,4)14-11(15)10-8-6-7-9(2)13-10/h6-8H,5H2,1-4H3,(H,14,15). The number of rotatable bonds is 3. The normalized spacial score (nSPS) is 11.2. The number of nitrogens with zero attached hydrogens (tertiary/aromatic N) is 1. The van der Waals surface area contributed by atoms with Crippen molar-refractivity contribution in [2.75, 3.05) is 0 Å². The van der Waals surface area contributed by atoms with Crippen molar-refractivity contribution in [2.45, 2.75) is 39.7 Å². The molecule has 0 aliphatic rings. The molecule has 1 rings (SSSR count). The summed E-state index contributed by atoms with van der Waals surface area (Å²) in [6.45, 7) is 7.92. The van der Waals surface area contributed by atoms with Gasteiger partial charge in [-0.1, -0.05) is 13.0 Å². The van der Waals surface area contributed by atoms with Crippen LogP contribution in [0.3, 0.4) is 0 Å². The van der Waals surface area contributed by atoms with Crippen LogP contribution in [0.15, 0.2) is 18.2 Å². The Hall–Kier alpha value is -1.38. The first-order valence-corrected chi connectivity index (χ1v) is 5.21. The zero-order valence-corrected chi connectivity index (χ0v) is 9.79. The number of aromatic nitrogens is 1. The van der Waals surface area contributed by atoms with Crippen molar-refractivity contribution in [2.24, 2.45) is 0 Å². The summed E-state index contributed by atoms with van der Waals surface area (Å²) in [4.78, 5) is 16.0. The number of aryl methyl sites for hydroxylation is 1. The fraction of sp³-hybridized carbons (Fsp3) is 0.500. The van der Waals surface area contributed by atoms with E-state index in [0.717, 1.165) is 12.1 Å². The van der Waals surface area contributed by atoms with E-state index in [0.29, 0.717) is 5.69 Å². The molecule has 0 aliphatic carbocycles. The van der Waals surface area contributed by atoms with E-state index < -0.39 is 0 Å². The number of carbonyl (C=O) groups excluding carboxylic acids is 1. The number of carbonyl (C=O) groups is 1. The number of pyridine rings is 1. The van der Waals surface area contributed by atoms with Crippen molar-refractivity contribution in [3.8, 4) is 0 Å². The van der Waals surface area contributed by atoms with Crippen LogP contribution in [0.25, 0.3) is 0 Å². The Morgan fingerprint density at radius 2 is 2.13 bits per heavy atom. The minimum absolute atomic E-state index is 0.106. The Labute approximate surface area is 90.9 Å². The fourth-order valence-corrected chi connectivity index (χ4v) is 1.13. The second-order valence-corrected chi connectivity index (χ2v) is 4.36. The third-order valence-corrected chi connectivity index (χ3v) is 2.46. The Kier molecular flexibility index (Phi) is 3.45. The molecule has 3 nitrogen and oxygen atoms in total. The largest absolute Gasteiger partial charge is 0.346 e. The molecule has 0 aliphatic heterocycles. The van der Waals surface area contributed by atoms with Crippen molar-refractivity contribution in [1.82, 2.24) is 10.3 Å². The highest BCUT2D eigenvalue weighted by molar-refractivity contribution is 5.92. The summed E-state index contributed by atoms with van der Waals surface area (Å²) >= 11 is 0. The molecule has 0 bridgehead atoms. The third kappa shape index (κ3) is 3.35. The molecule has 1 amide bonds. The summed E-state index contributed by atoms with van der Waals surface area (Å²) in [5.74, 6) is -0.106. The van der Waals surface area contributed by atoms with Crippen molar-refractivity contribution in [3.05, 3.63) is 29.6 Å². The molecule has 0 atom stereocenters. The maximum atomic E-state index is 11.8. The molecule has 0 spiro atoms. The topological polar surface area (TPSA) is 42.0 Å². The minimum Gasteiger partial charge on any atom is -0.346 e. The summed E-state index contributed by atoms with van der Waals surface area (Å²) in [6, 6.07) is 5.45. The van der Waals surface area contributed by atoms with E-state index in [-0.39, 0.29) is 11.4 Å². The highest BCUT2D eigenvalue weighted by Gasteiger charge is 2.19. The molecule has 0 aromatic carbocycles. The molecular weight excluding hydrogens is 188 g/mol. The molecule has 0 saturated heterocycles. The molecule has 1 heterocycles. The Morgan fingerprint density at radius 3 is 2.67 bits per heavy atom. The van der Waals surface area contributed by atoms with Crippen LogP contribution in [0, 0.1) is 6.92 Å². The maximum Gasteiger partial charge on any atom is 0.270 e. The monoisotopic (exact) mass is 206 g/mol. The highest BCUT2D eigenvalue weighted by Crippen LogP contribution is 2.08. The van der Waals surface area contributed by atoms with Gasteiger partial charge in [0.15, 0.2) is 0 Å². The van der Waals surface area contributed by atoms with Crippen LogP contribution in [0.2, 0.25) is 0 Å². The summed E-state index contributed by atoms with van der Waals surface area (Å²) in [5.41, 5.74) is 1.16. The Balaban J connectivity index is 2.78.